The lowest BCUT2D eigenvalue weighted by molar-refractivity contribution is -0.0510. The van der Waals surface area contributed by atoms with E-state index in [9.17, 15) is 15.0 Å². The van der Waals surface area contributed by atoms with Gasteiger partial charge in [-0.3, -0.25) is 0 Å². The molecule has 98 valence electrons. The quantitative estimate of drug-likeness (QED) is 0.768. The summed E-state index contributed by atoms with van der Waals surface area (Å²) in [5.41, 5.74) is 1.61. The molecule has 1 saturated carbocycles. The van der Waals surface area contributed by atoms with Crippen LogP contribution in [0.15, 0.2) is 18.2 Å². The van der Waals surface area contributed by atoms with Gasteiger partial charge in [-0.05, 0) is 25.5 Å². The molecule has 2 rings (SSSR count). The zero-order valence-corrected chi connectivity index (χ0v) is 10.9. The fraction of sp³-hybridized carbons (Fsp3) is 0.500. The first-order valence-electron chi connectivity index (χ1n) is 6.11. The third kappa shape index (κ3) is 2.08. The molecule has 18 heavy (non-hydrogen) atoms. The van der Waals surface area contributed by atoms with Gasteiger partial charge in [0.15, 0.2) is 0 Å². The van der Waals surface area contributed by atoms with Crippen molar-refractivity contribution in [1.29, 1.82) is 0 Å². The van der Waals surface area contributed by atoms with E-state index in [1.807, 2.05) is 26.8 Å². The van der Waals surface area contributed by atoms with Crippen LogP contribution < -0.4 is 5.32 Å². The van der Waals surface area contributed by atoms with Crippen molar-refractivity contribution in [3.05, 3.63) is 29.3 Å². The normalized spacial score (nSPS) is 25.3. The Morgan fingerprint density at radius 2 is 2.11 bits per heavy atom. The highest BCUT2D eigenvalue weighted by atomic mass is 16.4. The molecule has 2 atom stereocenters. The maximum Gasteiger partial charge on any atom is 0.337 e. The largest absolute Gasteiger partial charge is 0.478 e. The van der Waals surface area contributed by atoms with Crippen LogP contribution in [0.2, 0.25) is 0 Å². The molecule has 0 aromatic heterocycles. The lowest BCUT2D eigenvalue weighted by atomic mass is 9.64. The van der Waals surface area contributed by atoms with Gasteiger partial charge in [0.1, 0.15) is 0 Å². The first kappa shape index (κ1) is 12.9. The van der Waals surface area contributed by atoms with Crippen LogP contribution in [0.25, 0.3) is 0 Å². The number of aromatic carboxylic acids is 1. The second-order valence-corrected chi connectivity index (χ2v) is 5.62. The summed E-state index contributed by atoms with van der Waals surface area (Å²) < 4.78 is 0. The summed E-state index contributed by atoms with van der Waals surface area (Å²) in [7, 11) is 0. The number of nitrogens with one attached hydrogen (secondary N) is 1. The lowest BCUT2D eigenvalue weighted by Crippen LogP contribution is -2.57. The standard InChI is InChI=1S/C14H19NO3/c1-8-4-5-10(9(6-8)13(17)18)15-11-7-12(16)14(11,2)3/h4-6,11-12,15-16H,7H2,1-3H3,(H,17,18). The van der Waals surface area contributed by atoms with Gasteiger partial charge >= 0.3 is 5.97 Å². The van der Waals surface area contributed by atoms with Crippen molar-refractivity contribution in [1.82, 2.24) is 0 Å². The Morgan fingerprint density at radius 3 is 2.61 bits per heavy atom. The van der Waals surface area contributed by atoms with E-state index in [1.165, 1.54) is 0 Å². The number of aliphatic hydroxyl groups is 1. The Hall–Kier alpha value is -1.55. The van der Waals surface area contributed by atoms with Crippen molar-refractivity contribution >= 4 is 11.7 Å². The fourth-order valence-electron chi connectivity index (χ4n) is 2.30. The van der Waals surface area contributed by atoms with E-state index < -0.39 is 5.97 Å². The van der Waals surface area contributed by atoms with Gasteiger partial charge in [-0.25, -0.2) is 4.79 Å². The molecule has 1 aliphatic carbocycles. The highest BCUT2D eigenvalue weighted by Crippen LogP contribution is 2.42. The second kappa shape index (κ2) is 4.28. The number of benzene rings is 1. The molecule has 0 saturated heterocycles. The van der Waals surface area contributed by atoms with E-state index in [-0.39, 0.29) is 23.1 Å². The molecule has 1 aliphatic rings. The average Bonchev–Trinajstić information content (AvgIpc) is 2.30. The molecule has 0 aliphatic heterocycles. The molecular formula is C14H19NO3. The maximum absolute atomic E-state index is 11.2. The van der Waals surface area contributed by atoms with Crippen LogP contribution in [0, 0.1) is 12.3 Å². The van der Waals surface area contributed by atoms with Crippen LogP contribution in [0.4, 0.5) is 5.69 Å². The first-order chi connectivity index (χ1) is 8.32. The van der Waals surface area contributed by atoms with Crippen molar-refractivity contribution in [2.75, 3.05) is 5.32 Å². The molecule has 0 heterocycles. The Morgan fingerprint density at radius 1 is 1.44 bits per heavy atom. The molecule has 2 unspecified atom stereocenters. The van der Waals surface area contributed by atoms with Gasteiger partial charge < -0.3 is 15.5 Å². The SMILES string of the molecule is Cc1ccc(NC2CC(O)C2(C)C)c(C(=O)O)c1. The molecule has 1 aromatic rings. The maximum atomic E-state index is 11.2. The second-order valence-electron chi connectivity index (χ2n) is 5.62. The predicted molar refractivity (Wildman–Crippen MR) is 70.0 cm³/mol. The summed E-state index contributed by atoms with van der Waals surface area (Å²) in [5, 5.41) is 22.1. The summed E-state index contributed by atoms with van der Waals surface area (Å²) in [6.45, 7) is 5.83. The zero-order chi connectivity index (χ0) is 13.5. The number of hydrogen-bond acceptors (Lipinski definition) is 3. The van der Waals surface area contributed by atoms with Crippen LogP contribution in [0.3, 0.4) is 0 Å². The van der Waals surface area contributed by atoms with Crippen molar-refractivity contribution in [2.45, 2.75) is 39.3 Å². The molecule has 0 bridgehead atoms. The number of anilines is 1. The van der Waals surface area contributed by atoms with Gasteiger partial charge in [-0.15, -0.1) is 0 Å². The van der Waals surface area contributed by atoms with Gasteiger partial charge in [0, 0.05) is 17.1 Å². The molecule has 1 aromatic carbocycles. The van der Waals surface area contributed by atoms with Crippen LogP contribution in [0.1, 0.15) is 36.2 Å². The number of hydrogen-bond donors (Lipinski definition) is 3. The van der Waals surface area contributed by atoms with Crippen LogP contribution in [-0.2, 0) is 0 Å². The summed E-state index contributed by atoms with van der Waals surface area (Å²) >= 11 is 0. The molecule has 0 radical (unpaired) electrons. The van der Waals surface area contributed by atoms with Gasteiger partial charge in [0.2, 0.25) is 0 Å². The van der Waals surface area contributed by atoms with Crippen molar-refractivity contribution < 1.29 is 15.0 Å². The fourth-order valence-corrected chi connectivity index (χ4v) is 2.30. The minimum atomic E-state index is -0.932. The van der Waals surface area contributed by atoms with E-state index >= 15 is 0 Å². The van der Waals surface area contributed by atoms with Crippen LogP contribution in [0.5, 0.6) is 0 Å². The highest BCUT2D eigenvalue weighted by molar-refractivity contribution is 5.94. The number of carboxylic acids is 1. The highest BCUT2D eigenvalue weighted by Gasteiger charge is 2.47. The molecular weight excluding hydrogens is 230 g/mol. The van der Waals surface area contributed by atoms with Gasteiger partial charge in [0.25, 0.3) is 0 Å². The predicted octanol–water partition coefficient (Wildman–Crippen LogP) is 2.26. The topological polar surface area (TPSA) is 69.6 Å². The van der Waals surface area contributed by atoms with Crippen molar-refractivity contribution in [2.24, 2.45) is 5.41 Å². The third-order valence-electron chi connectivity index (χ3n) is 3.95. The number of carboxylic acid groups (broad SMARTS) is 1. The van der Waals surface area contributed by atoms with E-state index in [4.69, 9.17) is 0 Å². The average molecular weight is 249 g/mol. The Bertz CT molecular complexity index is 482. The third-order valence-corrected chi connectivity index (χ3v) is 3.95. The Kier molecular flexibility index (Phi) is 3.07. The summed E-state index contributed by atoms with van der Waals surface area (Å²) in [6, 6.07) is 5.44. The number of carbonyl (C=O) groups is 1. The Labute approximate surface area is 107 Å². The van der Waals surface area contributed by atoms with Crippen molar-refractivity contribution in [3.63, 3.8) is 0 Å². The summed E-state index contributed by atoms with van der Waals surface area (Å²) in [5.74, 6) is -0.932. The number of aryl methyl sites for hydroxylation is 1. The molecule has 0 amide bonds. The van der Waals surface area contributed by atoms with E-state index in [0.29, 0.717) is 12.1 Å². The van der Waals surface area contributed by atoms with E-state index in [0.717, 1.165) is 5.56 Å². The summed E-state index contributed by atoms with van der Waals surface area (Å²) in [4.78, 5) is 11.2. The van der Waals surface area contributed by atoms with Gasteiger partial charge in [0.05, 0.1) is 11.7 Å². The molecule has 4 nitrogen and oxygen atoms in total. The molecule has 1 fully saturated rings. The zero-order valence-electron chi connectivity index (χ0n) is 10.9. The number of aliphatic hydroxyl groups excluding tert-OH is 1. The monoisotopic (exact) mass is 249 g/mol. The summed E-state index contributed by atoms with van der Waals surface area (Å²) in [6.07, 6.45) is 0.327. The molecule has 4 heteroatoms. The van der Waals surface area contributed by atoms with E-state index in [1.54, 1.807) is 12.1 Å². The van der Waals surface area contributed by atoms with Gasteiger partial charge in [-0.2, -0.15) is 0 Å². The first-order valence-corrected chi connectivity index (χ1v) is 6.11. The van der Waals surface area contributed by atoms with Crippen LogP contribution in [-0.4, -0.2) is 28.3 Å². The van der Waals surface area contributed by atoms with Crippen LogP contribution >= 0.6 is 0 Å². The van der Waals surface area contributed by atoms with E-state index in [2.05, 4.69) is 5.32 Å². The Balaban J connectivity index is 2.23. The molecule has 3 N–H and O–H groups in total. The number of rotatable bonds is 3. The lowest BCUT2D eigenvalue weighted by Gasteiger charge is -2.50. The minimum Gasteiger partial charge on any atom is -0.478 e. The van der Waals surface area contributed by atoms with Crippen molar-refractivity contribution in [3.8, 4) is 0 Å². The van der Waals surface area contributed by atoms with Gasteiger partial charge in [-0.1, -0.05) is 25.5 Å². The molecule has 0 spiro atoms. The smallest absolute Gasteiger partial charge is 0.337 e. The minimum absolute atomic E-state index is 0.105.